The summed E-state index contributed by atoms with van der Waals surface area (Å²) in [6.07, 6.45) is 5.09. The van der Waals surface area contributed by atoms with Crippen molar-refractivity contribution in [1.29, 1.82) is 0 Å². The van der Waals surface area contributed by atoms with Gasteiger partial charge in [0.25, 0.3) is 5.91 Å². The van der Waals surface area contributed by atoms with E-state index in [-0.39, 0.29) is 12.0 Å². The molecule has 0 aliphatic carbocycles. The smallest absolute Gasteiger partial charge is 0.253 e. The van der Waals surface area contributed by atoms with Crippen LogP contribution in [0.15, 0.2) is 41.8 Å². The van der Waals surface area contributed by atoms with Crippen molar-refractivity contribution in [2.75, 3.05) is 13.2 Å². The number of fused-ring (bicyclic) bond motifs is 1. The van der Waals surface area contributed by atoms with Crippen molar-refractivity contribution in [3.05, 3.63) is 47.8 Å². The van der Waals surface area contributed by atoms with Crippen molar-refractivity contribution in [2.24, 2.45) is 5.16 Å². The Morgan fingerprint density at radius 2 is 2.20 bits per heavy atom. The largest absolute Gasteiger partial charge is 0.493 e. The molecule has 0 radical (unpaired) electrons. The molecule has 6 nitrogen and oxygen atoms in total. The number of carbonyl (C=O) groups is 1. The van der Waals surface area contributed by atoms with Gasteiger partial charge >= 0.3 is 0 Å². The van der Waals surface area contributed by atoms with Crippen LogP contribution in [0.4, 0.5) is 0 Å². The van der Waals surface area contributed by atoms with Crippen LogP contribution < -0.4 is 10.1 Å². The summed E-state index contributed by atoms with van der Waals surface area (Å²) in [5.41, 5.74) is 4.53. The molecule has 4 rings (SSSR count). The molecule has 1 amide bonds. The van der Waals surface area contributed by atoms with E-state index >= 15 is 0 Å². The van der Waals surface area contributed by atoms with Crippen molar-refractivity contribution < 1.29 is 14.4 Å². The van der Waals surface area contributed by atoms with Crippen LogP contribution in [0.25, 0.3) is 11.1 Å². The number of carbonyl (C=O) groups excluding carboxylic acids is 1. The number of oxime groups is 1. The van der Waals surface area contributed by atoms with E-state index in [1.165, 1.54) is 5.56 Å². The van der Waals surface area contributed by atoms with Gasteiger partial charge in [0.15, 0.2) is 0 Å². The van der Waals surface area contributed by atoms with Crippen molar-refractivity contribution in [2.45, 2.75) is 25.9 Å². The molecule has 25 heavy (non-hydrogen) atoms. The van der Waals surface area contributed by atoms with E-state index in [0.717, 1.165) is 42.0 Å². The average molecular weight is 337 g/mol. The highest BCUT2D eigenvalue weighted by molar-refractivity contribution is 5.98. The molecule has 6 heteroatoms. The molecular weight excluding hydrogens is 318 g/mol. The van der Waals surface area contributed by atoms with Gasteiger partial charge in [-0.25, -0.2) is 0 Å². The second-order valence-corrected chi connectivity index (χ2v) is 6.34. The lowest BCUT2D eigenvalue weighted by Gasteiger charge is -2.07. The molecule has 128 valence electrons. The Kier molecular flexibility index (Phi) is 4.09. The lowest BCUT2D eigenvalue weighted by molar-refractivity contribution is 0.0958. The maximum atomic E-state index is 12.4. The van der Waals surface area contributed by atoms with Gasteiger partial charge in [-0.3, -0.25) is 9.78 Å². The molecule has 2 aliphatic heterocycles. The molecule has 0 spiro atoms. The first-order valence-electron chi connectivity index (χ1n) is 8.40. The van der Waals surface area contributed by atoms with E-state index in [1.807, 2.05) is 25.1 Å². The fraction of sp³-hybridized carbons (Fsp3) is 0.316. The molecule has 0 saturated carbocycles. The predicted octanol–water partition coefficient (Wildman–Crippen LogP) is 2.58. The second kappa shape index (κ2) is 6.55. The molecular formula is C19H19N3O3. The van der Waals surface area contributed by atoms with Gasteiger partial charge in [-0.1, -0.05) is 11.2 Å². The first-order valence-corrected chi connectivity index (χ1v) is 8.40. The summed E-state index contributed by atoms with van der Waals surface area (Å²) in [7, 11) is 0. The van der Waals surface area contributed by atoms with Gasteiger partial charge in [0.2, 0.25) is 0 Å². The fourth-order valence-corrected chi connectivity index (χ4v) is 3.05. The Bertz CT molecular complexity index is 848. The predicted molar refractivity (Wildman–Crippen MR) is 93.8 cm³/mol. The lowest BCUT2D eigenvalue weighted by atomic mass is 10.0. The number of aromatic nitrogens is 1. The summed E-state index contributed by atoms with van der Waals surface area (Å²) >= 11 is 0. The van der Waals surface area contributed by atoms with Crippen molar-refractivity contribution in [3.63, 3.8) is 0 Å². The highest BCUT2D eigenvalue weighted by Crippen LogP contribution is 2.30. The van der Waals surface area contributed by atoms with Crippen LogP contribution in [-0.2, 0) is 11.3 Å². The number of nitrogens with zero attached hydrogens (tertiary/aromatic N) is 2. The van der Waals surface area contributed by atoms with Gasteiger partial charge in [-0.15, -0.1) is 0 Å². The minimum Gasteiger partial charge on any atom is -0.493 e. The Hall–Kier alpha value is -2.89. The number of ether oxygens (including phenoxy) is 1. The first kappa shape index (κ1) is 15.6. The highest BCUT2D eigenvalue weighted by Gasteiger charge is 2.17. The van der Waals surface area contributed by atoms with E-state index in [1.54, 1.807) is 12.4 Å². The van der Waals surface area contributed by atoms with E-state index in [2.05, 4.69) is 21.5 Å². The zero-order valence-electron chi connectivity index (χ0n) is 14.0. The van der Waals surface area contributed by atoms with Gasteiger partial charge in [0.1, 0.15) is 11.9 Å². The topological polar surface area (TPSA) is 72.8 Å². The van der Waals surface area contributed by atoms with Gasteiger partial charge in [0, 0.05) is 30.8 Å². The standard InChI is InChI=1S/C19H19N3O3/c1-12-6-17(22-25-12)11-21-19(23)16-8-15(9-20-10-16)13-2-3-18-14(7-13)4-5-24-18/h2-3,7-10,12H,4-6,11H2,1H3,(H,21,23). The molecule has 0 saturated heterocycles. The third-order valence-electron chi connectivity index (χ3n) is 4.36. The summed E-state index contributed by atoms with van der Waals surface area (Å²) in [6, 6.07) is 7.93. The van der Waals surface area contributed by atoms with Crippen LogP contribution >= 0.6 is 0 Å². The molecule has 3 heterocycles. The maximum Gasteiger partial charge on any atom is 0.253 e. The van der Waals surface area contributed by atoms with Gasteiger partial charge < -0.3 is 14.9 Å². The molecule has 1 atom stereocenters. The molecule has 2 aliphatic rings. The summed E-state index contributed by atoms with van der Waals surface area (Å²) < 4.78 is 5.54. The number of hydrogen-bond donors (Lipinski definition) is 1. The molecule has 0 fully saturated rings. The first-order chi connectivity index (χ1) is 12.2. The maximum absolute atomic E-state index is 12.4. The zero-order chi connectivity index (χ0) is 17.2. The number of rotatable bonds is 4. The Morgan fingerprint density at radius 1 is 1.28 bits per heavy atom. The van der Waals surface area contributed by atoms with Crippen LogP contribution in [-0.4, -0.2) is 35.9 Å². The quantitative estimate of drug-likeness (QED) is 0.931. The number of benzene rings is 1. The number of nitrogens with one attached hydrogen (secondary N) is 1. The molecule has 1 unspecified atom stereocenters. The van der Waals surface area contributed by atoms with Crippen LogP contribution in [0.1, 0.15) is 29.3 Å². The third kappa shape index (κ3) is 3.33. The van der Waals surface area contributed by atoms with E-state index in [9.17, 15) is 4.79 Å². The van der Waals surface area contributed by atoms with Gasteiger partial charge in [0.05, 0.1) is 24.4 Å². The molecule has 1 aromatic heterocycles. The molecule has 0 bridgehead atoms. The lowest BCUT2D eigenvalue weighted by Crippen LogP contribution is -2.29. The number of pyridine rings is 1. The van der Waals surface area contributed by atoms with Crippen LogP contribution in [0.2, 0.25) is 0 Å². The highest BCUT2D eigenvalue weighted by atomic mass is 16.6. The van der Waals surface area contributed by atoms with E-state index < -0.39 is 0 Å². The number of amides is 1. The van der Waals surface area contributed by atoms with Gasteiger partial charge in [-0.2, -0.15) is 0 Å². The SMILES string of the molecule is CC1CC(CNC(=O)c2cncc(-c3ccc4c(c3)CCO4)c2)=NO1. The normalized spacial score (nSPS) is 18.1. The van der Waals surface area contributed by atoms with Gasteiger partial charge in [-0.05, 0) is 36.2 Å². The minimum atomic E-state index is -0.166. The summed E-state index contributed by atoms with van der Waals surface area (Å²) in [4.78, 5) is 21.7. The van der Waals surface area contributed by atoms with Crippen LogP contribution in [0, 0.1) is 0 Å². The molecule has 1 N–H and O–H groups in total. The summed E-state index contributed by atoms with van der Waals surface area (Å²) in [6.45, 7) is 3.07. The molecule has 1 aromatic carbocycles. The van der Waals surface area contributed by atoms with Crippen molar-refractivity contribution >= 4 is 11.6 Å². The van der Waals surface area contributed by atoms with Crippen molar-refractivity contribution in [3.8, 4) is 16.9 Å². The second-order valence-electron chi connectivity index (χ2n) is 6.34. The summed E-state index contributed by atoms with van der Waals surface area (Å²) in [5, 5.41) is 6.83. The molecule has 2 aromatic rings. The Labute approximate surface area is 145 Å². The van der Waals surface area contributed by atoms with E-state index in [4.69, 9.17) is 9.57 Å². The van der Waals surface area contributed by atoms with E-state index in [0.29, 0.717) is 12.1 Å². The van der Waals surface area contributed by atoms with Crippen LogP contribution in [0.5, 0.6) is 5.75 Å². The number of hydrogen-bond acceptors (Lipinski definition) is 5. The summed E-state index contributed by atoms with van der Waals surface area (Å²) in [5.74, 6) is 0.778. The Balaban J connectivity index is 1.48. The van der Waals surface area contributed by atoms with Crippen LogP contribution in [0.3, 0.4) is 0 Å². The third-order valence-corrected chi connectivity index (χ3v) is 4.36. The van der Waals surface area contributed by atoms with Crippen molar-refractivity contribution in [1.82, 2.24) is 10.3 Å². The fourth-order valence-electron chi connectivity index (χ4n) is 3.05. The zero-order valence-corrected chi connectivity index (χ0v) is 14.0. The minimum absolute atomic E-state index is 0.0840. The monoisotopic (exact) mass is 337 g/mol. The Morgan fingerprint density at radius 3 is 3.04 bits per heavy atom. The average Bonchev–Trinajstić information content (AvgIpc) is 3.27.